The monoisotopic (exact) mass is 204 g/mol. The van der Waals surface area contributed by atoms with Gasteiger partial charge >= 0.3 is 5.97 Å². The smallest absolute Gasteiger partial charge is 0.336 e. The Kier molecular flexibility index (Phi) is 5.82. The number of nitrogens with one attached hydrogen (secondary N) is 1. The third-order valence-corrected chi connectivity index (χ3v) is 1.47. The number of aliphatic hydroxyl groups is 1. The van der Waals surface area contributed by atoms with Gasteiger partial charge in [0.2, 0.25) is 5.91 Å². The van der Waals surface area contributed by atoms with Crippen LogP contribution in [-0.2, 0) is 14.3 Å². The van der Waals surface area contributed by atoms with Crippen molar-refractivity contribution in [2.75, 3.05) is 13.7 Å². The summed E-state index contributed by atoms with van der Waals surface area (Å²) in [7, 11) is 1.16. The zero-order chi connectivity index (χ0) is 11.1. The Morgan fingerprint density at radius 2 is 2.14 bits per heavy atom. The zero-order valence-electron chi connectivity index (χ0n) is 8.32. The predicted molar refractivity (Wildman–Crippen MR) is 49.3 cm³/mol. The van der Waals surface area contributed by atoms with Gasteiger partial charge in [0.05, 0.1) is 13.7 Å². The summed E-state index contributed by atoms with van der Waals surface area (Å²) >= 11 is 0. The summed E-state index contributed by atoms with van der Waals surface area (Å²) in [6.45, 7) is 1.54. The Labute approximate surface area is 82.4 Å². The van der Waals surface area contributed by atoms with Crippen LogP contribution in [0, 0.1) is 0 Å². The first-order valence-electron chi connectivity index (χ1n) is 4.25. The van der Waals surface area contributed by atoms with Crippen molar-refractivity contribution in [2.45, 2.75) is 25.5 Å². The van der Waals surface area contributed by atoms with E-state index in [1.54, 1.807) is 6.92 Å². The molecule has 0 aromatic rings. The minimum atomic E-state index is -1.32. The molecule has 6 nitrogen and oxygen atoms in total. The molecular weight excluding hydrogens is 188 g/mol. The quantitative estimate of drug-likeness (QED) is 0.467. The highest BCUT2D eigenvalue weighted by molar-refractivity contribution is 5.78. The van der Waals surface area contributed by atoms with Crippen LogP contribution < -0.4 is 11.1 Å². The highest BCUT2D eigenvalue weighted by Gasteiger charge is 2.16. The molecule has 0 saturated carbocycles. The van der Waals surface area contributed by atoms with Crippen LogP contribution in [0.3, 0.4) is 0 Å². The molecule has 0 aromatic heterocycles. The third-order valence-electron chi connectivity index (χ3n) is 1.47. The van der Waals surface area contributed by atoms with Crippen molar-refractivity contribution in [1.82, 2.24) is 5.32 Å². The average molecular weight is 204 g/mol. The molecule has 0 bridgehead atoms. The van der Waals surface area contributed by atoms with Gasteiger partial charge in [-0.05, 0) is 6.92 Å². The van der Waals surface area contributed by atoms with Crippen LogP contribution in [0.15, 0.2) is 0 Å². The Hall–Kier alpha value is -1.14. The number of methoxy groups -OCH3 is 1. The summed E-state index contributed by atoms with van der Waals surface area (Å²) in [5, 5.41) is 11.4. The molecule has 0 aromatic carbocycles. The first-order chi connectivity index (χ1) is 6.47. The maximum atomic E-state index is 11.0. The van der Waals surface area contributed by atoms with E-state index in [9.17, 15) is 9.59 Å². The molecule has 0 aliphatic carbocycles. The number of carbonyl (C=O) groups is 2. The van der Waals surface area contributed by atoms with E-state index in [0.29, 0.717) is 0 Å². The molecule has 0 radical (unpaired) electrons. The molecule has 0 aliphatic heterocycles. The maximum absolute atomic E-state index is 11.0. The first-order valence-corrected chi connectivity index (χ1v) is 4.25. The molecule has 0 fully saturated rings. The minimum Gasteiger partial charge on any atom is -0.467 e. The Morgan fingerprint density at radius 3 is 2.57 bits per heavy atom. The van der Waals surface area contributed by atoms with Crippen molar-refractivity contribution in [3.05, 3.63) is 0 Å². The van der Waals surface area contributed by atoms with Crippen LogP contribution in [-0.4, -0.2) is 42.8 Å². The van der Waals surface area contributed by atoms with Gasteiger partial charge in [-0.2, -0.15) is 0 Å². The molecule has 1 amide bonds. The first kappa shape index (κ1) is 12.9. The topological polar surface area (TPSA) is 102 Å². The fourth-order valence-corrected chi connectivity index (χ4v) is 0.794. The third kappa shape index (κ3) is 5.50. The second kappa shape index (κ2) is 6.33. The van der Waals surface area contributed by atoms with Gasteiger partial charge in [0.25, 0.3) is 0 Å². The molecule has 82 valence electrons. The number of esters is 1. The lowest BCUT2D eigenvalue weighted by atomic mass is 10.2. The summed E-state index contributed by atoms with van der Waals surface area (Å²) < 4.78 is 4.26. The molecule has 2 atom stereocenters. The van der Waals surface area contributed by atoms with E-state index in [1.165, 1.54) is 0 Å². The number of ether oxygens (including phenoxy) is 1. The summed E-state index contributed by atoms with van der Waals surface area (Å²) in [5.41, 5.74) is 5.37. The summed E-state index contributed by atoms with van der Waals surface area (Å²) in [5.74, 6) is -1.07. The molecule has 0 spiro atoms. The van der Waals surface area contributed by atoms with Crippen LogP contribution in [0.25, 0.3) is 0 Å². The van der Waals surface area contributed by atoms with Gasteiger partial charge in [0.1, 0.15) is 0 Å². The van der Waals surface area contributed by atoms with E-state index in [-0.39, 0.29) is 24.9 Å². The Bertz CT molecular complexity index is 206. The number of hydrogen-bond donors (Lipinski definition) is 3. The molecule has 14 heavy (non-hydrogen) atoms. The standard InChI is InChI=1S/C8H16N2O4/c1-5(9)3-7(12)10-4-6(11)8(13)14-2/h5-6,11H,3-4,9H2,1-2H3,(H,10,12). The number of hydrogen-bond acceptors (Lipinski definition) is 5. The van der Waals surface area contributed by atoms with Crippen LogP contribution in [0.2, 0.25) is 0 Å². The van der Waals surface area contributed by atoms with Crippen molar-refractivity contribution < 1.29 is 19.4 Å². The van der Waals surface area contributed by atoms with Crippen molar-refractivity contribution in [1.29, 1.82) is 0 Å². The van der Waals surface area contributed by atoms with Gasteiger partial charge in [0.15, 0.2) is 6.10 Å². The van der Waals surface area contributed by atoms with Gasteiger partial charge in [-0.3, -0.25) is 4.79 Å². The molecule has 0 heterocycles. The molecule has 0 saturated heterocycles. The zero-order valence-corrected chi connectivity index (χ0v) is 8.32. The number of aliphatic hydroxyl groups excluding tert-OH is 1. The van der Waals surface area contributed by atoms with Gasteiger partial charge in [-0.1, -0.05) is 0 Å². The Morgan fingerprint density at radius 1 is 1.57 bits per heavy atom. The average Bonchev–Trinajstić information content (AvgIpc) is 2.11. The van der Waals surface area contributed by atoms with E-state index < -0.39 is 12.1 Å². The van der Waals surface area contributed by atoms with Gasteiger partial charge in [-0.15, -0.1) is 0 Å². The lowest BCUT2D eigenvalue weighted by molar-refractivity contribution is -0.150. The molecule has 2 unspecified atom stereocenters. The van der Waals surface area contributed by atoms with Crippen molar-refractivity contribution in [2.24, 2.45) is 5.73 Å². The molecule has 4 N–H and O–H groups in total. The van der Waals surface area contributed by atoms with Gasteiger partial charge < -0.3 is 20.9 Å². The van der Waals surface area contributed by atoms with Crippen LogP contribution in [0.4, 0.5) is 0 Å². The number of carbonyl (C=O) groups excluding carboxylic acids is 2. The second-order valence-corrected chi connectivity index (χ2v) is 3.02. The fraction of sp³-hybridized carbons (Fsp3) is 0.750. The van der Waals surface area contributed by atoms with Crippen LogP contribution >= 0.6 is 0 Å². The summed E-state index contributed by atoms with van der Waals surface area (Å²) in [6, 6.07) is -0.245. The SMILES string of the molecule is COC(=O)C(O)CNC(=O)CC(C)N. The van der Waals surface area contributed by atoms with E-state index in [1.807, 2.05) is 0 Å². The fourth-order valence-electron chi connectivity index (χ4n) is 0.794. The largest absolute Gasteiger partial charge is 0.467 e. The maximum Gasteiger partial charge on any atom is 0.336 e. The lowest BCUT2D eigenvalue weighted by Crippen LogP contribution is -2.38. The molecule has 0 aliphatic rings. The highest BCUT2D eigenvalue weighted by atomic mass is 16.5. The minimum absolute atomic E-state index is 0.155. The van der Waals surface area contributed by atoms with Crippen LogP contribution in [0.5, 0.6) is 0 Å². The van der Waals surface area contributed by atoms with E-state index in [2.05, 4.69) is 10.1 Å². The lowest BCUT2D eigenvalue weighted by Gasteiger charge is -2.10. The summed E-state index contributed by atoms with van der Waals surface area (Å²) in [4.78, 5) is 21.7. The number of amides is 1. The Balaban J connectivity index is 3.71. The van der Waals surface area contributed by atoms with Crippen molar-refractivity contribution in [3.63, 3.8) is 0 Å². The highest BCUT2D eigenvalue weighted by Crippen LogP contribution is 1.88. The molecule has 6 heteroatoms. The number of rotatable bonds is 5. The van der Waals surface area contributed by atoms with Gasteiger partial charge in [-0.25, -0.2) is 4.79 Å². The molecule has 0 rings (SSSR count). The van der Waals surface area contributed by atoms with Crippen molar-refractivity contribution >= 4 is 11.9 Å². The van der Waals surface area contributed by atoms with E-state index in [4.69, 9.17) is 10.8 Å². The van der Waals surface area contributed by atoms with E-state index >= 15 is 0 Å². The number of nitrogens with two attached hydrogens (primary N) is 1. The van der Waals surface area contributed by atoms with E-state index in [0.717, 1.165) is 7.11 Å². The summed E-state index contributed by atoms with van der Waals surface area (Å²) in [6.07, 6.45) is -1.16. The molecular formula is C8H16N2O4. The van der Waals surface area contributed by atoms with Crippen molar-refractivity contribution in [3.8, 4) is 0 Å². The predicted octanol–water partition coefficient (Wildman–Crippen LogP) is -1.63. The second-order valence-electron chi connectivity index (χ2n) is 3.02. The normalized spacial score (nSPS) is 14.3. The van der Waals surface area contributed by atoms with Crippen LogP contribution in [0.1, 0.15) is 13.3 Å². The van der Waals surface area contributed by atoms with Gasteiger partial charge in [0, 0.05) is 12.5 Å².